The van der Waals surface area contributed by atoms with E-state index in [0.29, 0.717) is 0 Å². The first-order valence-electron chi connectivity index (χ1n) is 6.30. The van der Waals surface area contributed by atoms with Gasteiger partial charge in [0.1, 0.15) is 11.6 Å². The summed E-state index contributed by atoms with van der Waals surface area (Å²) in [5.74, 6) is -1.03. The fraction of sp³-hybridized carbons (Fsp3) is 0.571. The minimum atomic E-state index is -0.531. The summed E-state index contributed by atoms with van der Waals surface area (Å²) >= 11 is 0. The maximum absolute atomic E-state index is 13.7. The van der Waals surface area contributed by atoms with Crippen LogP contribution in [0, 0.1) is 17.0 Å². The fourth-order valence-corrected chi connectivity index (χ4v) is 3.08. The molecule has 0 aliphatic heterocycles. The fourth-order valence-electron chi connectivity index (χ4n) is 3.08. The molecule has 1 aromatic carbocycles. The Hall–Kier alpha value is -0.960. The zero-order valence-electron chi connectivity index (χ0n) is 10.2. The van der Waals surface area contributed by atoms with E-state index in [-0.39, 0.29) is 11.0 Å². The maximum atomic E-state index is 13.7. The third kappa shape index (κ3) is 2.08. The number of rotatable bonds is 3. The Morgan fingerprint density at radius 2 is 1.76 bits per heavy atom. The summed E-state index contributed by atoms with van der Waals surface area (Å²) in [5, 5.41) is 0. The average molecular weight is 239 g/mol. The zero-order chi connectivity index (χ0) is 12.5. The highest BCUT2D eigenvalue weighted by atomic mass is 19.1. The molecule has 3 heteroatoms. The molecule has 1 atom stereocenters. The standard InChI is InChI=1S/C14H19F2N/c1-2-14(8-3-4-9-14)13(17)12-10(15)6-5-7-11(12)16/h5-7,13H,2-4,8-9,17H2,1H3. The second-order valence-electron chi connectivity index (χ2n) is 5.04. The van der Waals surface area contributed by atoms with Crippen LogP contribution >= 0.6 is 0 Å². The Kier molecular flexibility index (Phi) is 3.48. The van der Waals surface area contributed by atoms with Crippen LogP contribution in [0.1, 0.15) is 50.6 Å². The van der Waals surface area contributed by atoms with Gasteiger partial charge in [-0.2, -0.15) is 0 Å². The molecule has 0 saturated heterocycles. The van der Waals surface area contributed by atoms with E-state index in [1.54, 1.807) is 0 Å². The van der Waals surface area contributed by atoms with Gasteiger partial charge in [-0.3, -0.25) is 0 Å². The summed E-state index contributed by atoms with van der Waals surface area (Å²) in [5.41, 5.74) is 6.11. The van der Waals surface area contributed by atoms with Crippen LogP contribution < -0.4 is 5.73 Å². The normalized spacial score (nSPS) is 20.5. The molecule has 1 fully saturated rings. The third-order valence-corrected chi connectivity index (χ3v) is 4.27. The van der Waals surface area contributed by atoms with Crippen LogP contribution in [0.15, 0.2) is 18.2 Å². The van der Waals surface area contributed by atoms with Crippen LogP contribution in [-0.4, -0.2) is 0 Å². The van der Waals surface area contributed by atoms with Gasteiger partial charge < -0.3 is 5.73 Å². The van der Waals surface area contributed by atoms with Crippen LogP contribution in [-0.2, 0) is 0 Å². The minimum Gasteiger partial charge on any atom is -0.323 e. The Balaban J connectivity index is 2.39. The Morgan fingerprint density at radius 3 is 2.24 bits per heavy atom. The van der Waals surface area contributed by atoms with Crippen molar-refractivity contribution in [2.75, 3.05) is 0 Å². The Bertz CT molecular complexity index is 377. The van der Waals surface area contributed by atoms with Crippen molar-refractivity contribution in [3.05, 3.63) is 35.4 Å². The highest BCUT2D eigenvalue weighted by Crippen LogP contribution is 2.49. The van der Waals surface area contributed by atoms with Crippen LogP contribution in [0.3, 0.4) is 0 Å². The summed E-state index contributed by atoms with van der Waals surface area (Å²) in [6.45, 7) is 2.06. The van der Waals surface area contributed by atoms with Crippen LogP contribution in [0.2, 0.25) is 0 Å². The van der Waals surface area contributed by atoms with E-state index >= 15 is 0 Å². The number of benzene rings is 1. The van der Waals surface area contributed by atoms with Crippen molar-refractivity contribution in [2.24, 2.45) is 11.1 Å². The zero-order valence-corrected chi connectivity index (χ0v) is 10.2. The summed E-state index contributed by atoms with van der Waals surface area (Å²) in [7, 11) is 0. The lowest BCUT2D eigenvalue weighted by Gasteiger charge is -2.35. The topological polar surface area (TPSA) is 26.0 Å². The highest BCUT2D eigenvalue weighted by molar-refractivity contribution is 5.25. The van der Waals surface area contributed by atoms with Crippen molar-refractivity contribution in [1.29, 1.82) is 0 Å². The van der Waals surface area contributed by atoms with Gasteiger partial charge in [-0.25, -0.2) is 8.78 Å². The van der Waals surface area contributed by atoms with Gasteiger partial charge in [-0.05, 0) is 36.8 Å². The summed E-state index contributed by atoms with van der Waals surface area (Å²) < 4.78 is 27.5. The van der Waals surface area contributed by atoms with E-state index in [0.717, 1.165) is 32.1 Å². The first kappa shape index (κ1) is 12.5. The molecule has 0 spiro atoms. The van der Waals surface area contributed by atoms with E-state index in [1.165, 1.54) is 18.2 Å². The lowest BCUT2D eigenvalue weighted by atomic mass is 9.73. The second-order valence-corrected chi connectivity index (χ2v) is 5.04. The molecule has 2 N–H and O–H groups in total. The van der Waals surface area contributed by atoms with E-state index in [4.69, 9.17) is 5.73 Å². The molecule has 1 saturated carbocycles. The summed E-state index contributed by atoms with van der Waals surface area (Å²) in [4.78, 5) is 0. The predicted molar refractivity (Wildman–Crippen MR) is 64.5 cm³/mol. The van der Waals surface area contributed by atoms with Crippen molar-refractivity contribution in [3.63, 3.8) is 0 Å². The highest BCUT2D eigenvalue weighted by Gasteiger charge is 2.40. The summed E-state index contributed by atoms with van der Waals surface area (Å²) in [6.07, 6.45) is 5.04. The molecule has 0 amide bonds. The van der Waals surface area contributed by atoms with Crippen LogP contribution in [0.5, 0.6) is 0 Å². The molecule has 0 radical (unpaired) electrons. The van der Waals surface area contributed by atoms with E-state index in [2.05, 4.69) is 6.92 Å². The molecule has 94 valence electrons. The largest absolute Gasteiger partial charge is 0.323 e. The second kappa shape index (κ2) is 4.73. The molecule has 17 heavy (non-hydrogen) atoms. The van der Waals surface area contributed by atoms with Crippen molar-refractivity contribution in [3.8, 4) is 0 Å². The quantitative estimate of drug-likeness (QED) is 0.849. The van der Waals surface area contributed by atoms with Gasteiger partial charge in [0.2, 0.25) is 0 Å². The molecular formula is C14H19F2N. The molecule has 1 nitrogen and oxygen atoms in total. The molecule has 1 aliphatic rings. The predicted octanol–water partition coefficient (Wildman–Crippen LogP) is 3.94. The number of hydrogen-bond acceptors (Lipinski definition) is 1. The molecule has 1 aromatic rings. The molecule has 2 rings (SSSR count). The summed E-state index contributed by atoms with van der Waals surface area (Å²) in [6, 6.07) is 3.43. The number of hydrogen-bond donors (Lipinski definition) is 1. The smallest absolute Gasteiger partial charge is 0.130 e. The van der Waals surface area contributed by atoms with E-state index in [1.807, 2.05) is 0 Å². The van der Waals surface area contributed by atoms with Gasteiger partial charge in [0, 0.05) is 11.6 Å². The SMILES string of the molecule is CCC1(C(N)c2c(F)cccc2F)CCCC1. The van der Waals surface area contributed by atoms with Gasteiger partial charge in [0.15, 0.2) is 0 Å². The number of halogens is 2. The minimum absolute atomic E-state index is 0.0660. The van der Waals surface area contributed by atoms with Gasteiger partial charge in [0.05, 0.1) is 0 Å². The molecule has 1 unspecified atom stereocenters. The van der Waals surface area contributed by atoms with Crippen molar-refractivity contribution in [2.45, 2.75) is 45.1 Å². The molecule has 0 heterocycles. The molecule has 1 aliphatic carbocycles. The van der Waals surface area contributed by atoms with Crippen molar-refractivity contribution >= 4 is 0 Å². The van der Waals surface area contributed by atoms with Crippen LogP contribution in [0.25, 0.3) is 0 Å². The molecule has 0 bridgehead atoms. The average Bonchev–Trinajstić information content (AvgIpc) is 2.78. The number of nitrogens with two attached hydrogens (primary N) is 1. The van der Waals surface area contributed by atoms with E-state index in [9.17, 15) is 8.78 Å². The van der Waals surface area contributed by atoms with Crippen LogP contribution in [0.4, 0.5) is 8.78 Å². The van der Waals surface area contributed by atoms with E-state index < -0.39 is 17.7 Å². The van der Waals surface area contributed by atoms with Crippen molar-refractivity contribution in [1.82, 2.24) is 0 Å². The lowest BCUT2D eigenvalue weighted by Crippen LogP contribution is -2.33. The van der Waals surface area contributed by atoms with Gasteiger partial charge in [0.25, 0.3) is 0 Å². The first-order valence-corrected chi connectivity index (χ1v) is 6.30. The monoisotopic (exact) mass is 239 g/mol. The molecular weight excluding hydrogens is 220 g/mol. The molecule has 0 aromatic heterocycles. The lowest BCUT2D eigenvalue weighted by molar-refractivity contribution is 0.214. The third-order valence-electron chi connectivity index (χ3n) is 4.27. The first-order chi connectivity index (χ1) is 8.10. The Labute approximate surface area is 101 Å². The Morgan fingerprint density at radius 1 is 1.24 bits per heavy atom. The van der Waals surface area contributed by atoms with Gasteiger partial charge in [-0.1, -0.05) is 25.8 Å². The van der Waals surface area contributed by atoms with Crippen molar-refractivity contribution < 1.29 is 8.78 Å². The maximum Gasteiger partial charge on any atom is 0.130 e. The van der Waals surface area contributed by atoms with Gasteiger partial charge >= 0.3 is 0 Å². The van der Waals surface area contributed by atoms with Gasteiger partial charge in [-0.15, -0.1) is 0 Å².